The Morgan fingerprint density at radius 2 is 1.77 bits per heavy atom. The lowest BCUT2D eigenvalue weighted by atomic mass is 9.96. The maximum absolute atomic E-state index is 13.0. The third kappa shape index (κ3) is 4.44. The van der Waals surface area contributed by atoms with Crippen LogP contribution in [0.5, 0.6) is 0 Å². The lowest BCUT2D eigenvalue weighted by molar-refractivity contribution is -0.139. The molecule has 0 bridgehead atoms. The summed E-state index contributed by atoms with van der Waals surface area (Å²) < 4.78 is 1.77. The zero-order valence-corrected chi connectivity index (χ0v) is 18.5. The molecule has 1 aliphatic rings. The quantitative estimate of drug-likeness (QED) is 0.768. The van der Waals surface area contributed by atoms with Gasteiger partial charge in [0.05, 0.1) is 35.2 Å². The number of para-hydroxylation sites is 1. The fraction of sp³-hybridized carbons (Fsp3) is 0.476. The number of aromatic nitrogens is 2. The summed E-state index contributed by atoms with van der Waals surface area (Å²) >= 11 is 0. The Balaban J connectivity index is 0.00000320. The van der Waals surface area contributed by atoms with Gasteiger partial charge in [-0.15, -0.1) is 12.4 Å². The maximum atomic E-state index is 13.0. The van der Waals surface area contributed by atoms with Gasteiger partial charge in [-0.3, -0.25) is 9.69 Å². The summed E-state index contributed by atoms with van der Waals surface area (Å²) in [5.74, 6) is -0.146. The van der Waals surface area contributed by atoms with E-state index < -0.39 is 18.2 Å². The molecule has 2 aromatic rings. The highest BCUT2D eigenvalue weighted by molar-refractivity contribution is 5.85. The van der Waals surface area contributed by atoms with Crippen molar-refractivity contribution in [1.29, 1.82) is 0 Å². The lowest BCUT2D eigenvalue weighted by Gasteiger charge is -2.46. The average molecular weight is 436 g/mol. The topological polar surface area (TPSA) is 105 Å². The molecule has 3 rings (SSSR count). The Hall–Kier alpha value is -2.58. The highest BCUT2D eigenvalue weighted by Crippen LogP contribution is 2.33. The lowest BCUT2D eigenvalue weighted by Crippen LogP contribution is -2.60. The van der Waals surface area contributed by atoms with Gasteiger partial charge in [0.2, 0.25) is 5.91 Å². The molecule has 0 aliphatic carbocycles. The Morgan fingerprint density at radius 3 is 2.33 bits per heavy atom. The Kier molecular flexibility index (Phi) is 7.49. The van der Waals surface area contributed by atoms with Gasteiger partial charge in [0.15, 0.2) is 0 Å². The maximum Gasteiger partial charge on any atom is 0.407 e. The minimum atomic E-state index is -1.01. The van der Waals surface area contributed by atoms with E-state index in [1.54, 1.807) is 9.58 Å². The van der Waals surface area contributed by atoms with E-state index >= 15 is 0 Å². The van der Waals surface area contributed by atoms with Gasteiger partial charge in [0.25, 0.3) is 0 Å². The molecule has 1 aromatic carbocycles. The van der Waals surface area contributed by atoms with Crippen molar-refractivity contribution in [1.82, 2.24) is 19.6 Å². The number of carbonyl (C=O) groups excluding carboxylic acids is 1. The van der Waals surface area contributed by atoms with E-state index in [2.05, 4.69) is 5.10 Å². The standard InChI is InChI=1S/C21H29N5O3.ClH/c1-13(2)18(22)20(27)24-10-11-25(21(28)29)19(15(24)4)17-12-14(3)23-26(17)16-8-6-5-7-9-16;/h5-9,12-13,15,18-19H,10-11,22H2,1-4H3,(H,28,29);1H/t15?,18-,19-;/m0./s1. The minimum Gasteiger partial charge on any atom is -0.465 e. The Bertz CT molecular complexity index is 886. The number of carbonyl (C=O) groups is 2. The molecule has 30 heavy (non-hydrogen) atoms. The monoisotopic (exact) mass is 435 g/mol. The molecule has 8 nitrogen and oxygen atoms in total. The van der Waals surface area contributed by atoms with Crippen LogP contribution >= 0.6 is 12.4 Å². The third-order valence-electron chi connectivity index (χ3n) is 5.56. The number of halogens is 1. The molecule has 1 aliphatic heterocycles. The van der Waals surface area contributed by atoms with Crippen molar-refractivity contribution in [2.24, 2.45) is 11.7 Å². The summed E-state index contributed by atoms with van der Waals surface area (Å²) in [6, 6.07) is 9.93. The van der Waals surface area contributed by atoms with Crippen LogP contribution in [0.3, 0.4) is 0 Å². The third-order valence-corrected chi connectivity index (χ3v) is 5.56. The van der Waals surface area contributed by atoms with Crippen LogP contribution in [-0.2, 0) is 4.79 Å². The molecule has 0 radical (unpaired) electrons. The second kappa shape index (κ2) is 9.49. The van der Waals surface area contributed by atoms with Gasteiger partial charge in [0, 0.05) is 13.1 Å². The van der Waals surface area contributed by atoms with E-state index in [0.717, 1.165) is 17.1 Å². The number of nitrogens with zero attached hydrogens (tertiary/aromatic N) is 4. The molecule has 2 heterocycles. The summed E-state index contributed by atoms with van der Waals surface area (Å²) in [5, 5.41) is 14.4. The molecule has 3 N–H and O–H groups in total. The number of hydrogen-bond donors (Lipinski definition) is 2. The molecule has 1 unspecified atom stereocenters. The molecule has 1 saturated heterocycles. The van der Waals surface area contributed by atoms with Crippen molar-refractivity contribution in [3.8, 4) is 5.69 Å². The Morgan fingerprint density at radius 1 is 1.17 bits per heavy atom. The zero-order valence-electron chi connectivity index (χ0n) is 17.7. The summed E-state index contributed by atoms with van der Waals surface area (Å²) in [7, 11) is 0. The number of benzene rings is 1. The molecular weight excluding hydrogens is 406 g/mol. The second-order valence-corrected chi connectivity index (χ2v) is 7.92. The summed E-state index contributed by atoms with van der Waals surface area (Å²) in [4.78, 5) is 28.1. The molecule has 1 aromatic heterocycles. The number of nitrogens with two attached hydrogens (primary N) is 1. The normalized spacial score (nSPS) is 20.1. The Labute approximate surface area is 183 Å². The highest BCUT2D eigenvalue weighted by Gasteiger charge is 2.42. The number of hydrogen-bond acceptors (Lipinski definition) is 4. The first-order valence-corrected chi connectivity index (χ1v) is 9.90. The molecule has 9 heteroatoms. The van der Waals surface area contributed by atoms with Crippen LogP contribution in [0.15, 0.2) is 36.4 Å². The van der Waals surface area contributed by atoms with Gasteiger partial charge in [-0.25, -0.2) is 9.48 Å². The van der Waals surface area contributed by atoms with E-state index in [4.69, 9.17) is 5.73 Å². The molecule has 2 amide bonds. The number of amides is 2. The van der Waals surface area contributed by atoms with Gasteiger partial charge in [-0.2, -0.15) is 5.10 Å². The number of rotatable bonds is 4. The molecule has 1 fully saturated rings. The molecular formula is C21H30ClN5O3. The van der Waals surface area contributed by atoms with Gasteiger partial charge in [-0.1, -0.05) is 32.0 Å². The van der Waals surface area contributed by atoms with E-state index in [1.165, 1.54) is 4.90 Å². The predicted octanol–water partition coefficient (Wildman–Crippen LogP) is 2.84. The van der Waals surface area contributed by atoms with Crippen molar-refractivity contribution in [2.45, 2.75) is 45.8 Å². The smallest absolute Gasteiger partial charge is 0.407 e. The summed E-state index contributed by atoms with van der Waals surface area (Å²) in [6.07, 6.45) is -1.01. The van der Waals surface area contributed by atoms with Gasteiger partial charge in [-0.05, 0) is 38.0 Å². The van der Waals surface area contributed by atoms with Crippen LogP contribution in [0.1, 0.15) is 38.2 Å². The van der Waals surface area contributed by atoms with E-state index in [0.29, 0.717) is 6.54 Å². The van der Waals surface area contributed by atoms with Gasteiger partial charge in [0.1, 0.15) is 0 Å². The van der Waals surface area contributed by atoms with Crippen LogP contribution in [0.4, 0.5) is 4.79 Å². The minimum absolute atomic E-state index is 0. The summed E-state index contributed by atoms with van der Waals surface area (Å²) in [6.45, 7) is 8.11. The molecule has 164 valence electrons. The van der Waals surface area contributed by atoms with Crippen LogP contribution in [0.2, 0.25) is 0 Å². The molecule has 0 spiro atoms. The summed E-state index contributed by atoms with van der Waals surface area (Å²) in [5.41, 5.74) is 8.48. The van der Waals surface area contributed by atoms with Crippen molar-refractivity contribution in [2.75, 3.05) is 13.1 Å². The van der Waals surface area contributed by atoms with E-state index in [1.807, 2.05) is 64.1 Å². The molecule has 3 atom stereocenters. The predicted molar refractivity (Wildman–Crippen MR) is 117 cm³/mol. The zero-order chi connectivity index (χ0) is 21.3. The highest BCUT2D eigenvalue weighted by atomic mass is 35.5. The first kappa shape index (κ1) is 23.7. The fourth-order valence-electron chi connectivity index (χ4n) is 3.90. The average Bonchev–Trinajstić information content (AvgIpc) is 3.08. The molecule has 0 saturated carbocycles. The van der Waals surface area contributed by atoms with Crippen LogP contribution in [-0.4, -0.2) is 61.9 Å². The van der Waals surface area contributed by atoms with Crippen molar-refractivity contribution in [3.05, 3.63) is 47.8 Å². The number of piperazine rings is 1. The SMILES string of the molecule is Cc1cc([C@@H]2C(C)N(C(=O)[C@@H](N)C(C)C)CCN2C(=O)O)n(-c2ccccc2)n1.Cl. The second-order valence-electron chi connectivity index (χ2n) is 7.92. The van der Waals surface area contributed by atoms with Crippen molar-refractivity contribution in [3.63, 3.8) is 0 Å². The first-order chi connectivity index (χ1) is 13.7. The first-order valence-electron chi connectivity index (χ1n) is 9.90. The van der Waals surface area contributed by atoms with Crippen LogP contribution in [0.25, 0.3) is 5.69 Å². The fourth-order valence-corrected chi connectivity index (χ4v) is 3.90. The van der Waals surface area contributed by atoms with E-state index in [-0.39, 0.29) is 36.8 Å². The number of aryl methyl sites for hydroxylation is 1. The number of carboxylic acid groups (broad SMARTS) is 1. The van der Waals surface area contributed by atoms with Crippen molar-refractivity contribution < 1.29 is 14.7 Å². The van der Waals surface area contributed by atoms with Gasteiger partial charge >= 0.3 is 6.09 Å². The van der Waals surface area contributed by atoms with E-state index in [9.17, 15) is 14.7 Å². The van der Waals surface area contributed by atoms with Crippen LogP contribution < -0.4 is 5.73 Å². The van der Waals surface area contributed by atoms with Gasteiger partial charge < -0.3 is 15.7 Å². The van der Waals surface area contributed by atoms with Crippen LogP contribution in [0, 0.1) is 12.8 Å². The van der Waals surface area contributed by atoms with Crippen molar-refractivity contribution >= 4 is 24.4 Å². The largest absolute Gasteiger partial charge is 0.465 e.